The summed E-state index contributed by atoms with van der Waals surface area (Å²) in [6.07, 6.45) is 4.36. The van der Waals surface area contributed by atoms with Gasteiger partial charge in [-0.3, -0.25) is 4.79 Å². The molecule has 0 saturated heterocycles. The van der Waals surface area contributed by atoms with E-state index in [1.807, 2.05) is 36.4 Å². The molecule has 0 aliphatic carbocycles. The van der Waals surface area contributed by atoms with Gasteiger partial charge >= 0.3 is 0 Å². The summed E-state index contributed by atoms with van der Waals surface area (Å²) < 4.78 is 0. The number of Topliss-reactive ketones (excluding diaryl/α,β-unsaturated/α-hetero) is 1. The second kappa shape index (κ2) is 5.35. The summed E-state index contributed by atoms with van der Waals surface area (Å²) in [4.78, 5) is 10.9. The monoisotopic (exact) mass is 189 g/mol. The fourth-order valence-corrected chi connectivity index (χ4v) is 1.30. The highest BCUT2D eigenvalue weighted by atomic mass is 16.1. The molecule has 1 aromatic carbocycles. The van der Waals surface area contributed by atoms with Gasteiger partial charge in [0.15, 0.2) is 0 Å². The molecule has 0 fully saturated rings. The molecule has 1 aromatic rings. The Kier molecular flexibility index (Phi) is 4.08. The van der Waals surface area contributed by atoms with Crippen molar-refractivity contribution in [3.05, 3.63) is 41.5 Å². The van der Waals surface area contributed by atoms with E-state index in [9.17, 15) is 4.79 Å². The lowest BCUT2D eigenvalue weighted by Gasteiger charge is -1.99. The van der Waals surface area contributed by atoms with Crippen molar-refractivity contribution in [3.63, 3.8) is 0 Å². The van der Waals surface area contributed by atoms with Gasteiger partial charge in [0.1, 0.15) is 5.78 Å². The summed E-state index contributed by atoms with van der Waals surface area (Å²) in [7, 11) is 0. The van der Waals surface area contributed by atoms with Crippen LogP contribution in [0.1, 0.15) is 18.1 Å². The number of hydrogen-bond acceptors (Lipinski definition) is 2. The number of rotatable bonds is 4. The first-order valence-electron chi connectivity index (χ1n) is 4.67. The SMILES string of the molecule is CC(=O)Cc1cccc(C=CCN)c1. The second-order valence-corrected chi connectivity index (χ2v) is 3.26. The third-order valence-electron chi connectivity index (χ3n) is 1.85. The average molecular weight is 189 g/mol. The predicted molar refractivity (Wildman–Crippen MR) is 58.9 cm³/mol. The van der Waals surface area contributed by atoms with Crippen LogP contribution in [0, 0.1) is 0 Å². The molecule has 1 rings (SSSR count). The Labute approximate surface area is 84.4 Å². The highest BCUT2D eigenvalue weighted by Crippen LogP contribution is 2.07. The van der Waals surface area contributed by atoms with Crippen LogP contribution < -0.4 is 5.73 Å². The van der Waals surface area contributed by atoms with Crippen molar-refractivity contribution in [3.8, 4) is 0 Å². The maximum atomic E-state index is 10.9. The van der Waals surface area contributed by atoms with Crippen molar-refractivity contribution in [1.82, 2.24) is 0 Å². The fourth-order valence-electron chi connectivity index (χ4n) is 1.30. The minimum absolute atomic E-state index is 0.185. The first kappa shape index (κ1) is 10.7. The van der Waals surface area contributed by atoms with E-state index >= 15 is 0 Å². The Morgan fingerprint density at radius 3 is 2.93 bits per heavy atom. The number of nitrogens with two attached hydrogens (primary N) is 1. The van der Waals surface area contributed by atoms with Crippen LogP contribution in [0.5, 0.6) is 0 Å². The van der Waals surface area contributed by atoms with E-state index in [-0.39, 0.29) is 5.78 Å². The van der Waals surface area contributed by atoms with Gasteiger partial charge < -0.3 is 5.73 Å². The molecule has 2 heteroatoms. The van der Waals surface area contributed by atoms with Crippen molar-refractivity contribution >= 4 is 11.9 Å². The number of carbonyl (C=O) groups excluding carboxylic acids is 1. The van der Waals surface area contributed by atoms with Crippen LogP contribution in [0.25, 0.3) is 6.08 Å². The van der Waals surface area contributed by atoms with E-state index < -0.39 is 0 Å². The molecule has 0 bridgehead atoms. The summed E-state index contributed by atoms with van der Waals surface area (Å²) >= 11 is 0. The molecular weight excluding hydrogens is 174 g/mol. The zero-order valence-corrected chi connectivity index (χ0v) is 8.36. The van der Waals surface area contributed by atoms with Gasteiger partial charge in [-0.15, -0.1) is 0 Å². The molecule has 0 radical (unpaired) electrons. The van der Waals surface area contributed by atoms with Crippen LogP contribution in [0.2, 0.25) is 0 Å². The van der Waals surface area contributed by atoms with Gasteiger partial charge in [0.25, 0.3) is 0 Å². The number of ketones is 1. The summed E-state index contributed by atoms with van der Waals surface area (Å²) in [5.74, 6) is 0.185. The van der Waals surface area contributed by atoms with Crippen LogP contribution in [0.3, 0.4) is 0 Å². The molecule has 0 atom stereocenters. The molecular formula is C12H15NO. The van der Waals surface area contributed by atoms with E-state index in [0.717, 1.165) is 11.1 Å². The lowest BCUT2D eigenvalue weighted by atomic mass is 10.1. The third kappa shape index (κ3) is 3.54. The quantitative estimate of drug-likeness (QED) is 0.784. The molecule has 0 aliphatic rings. The molecule has 0 unspecified atom stereocenters. The molecule has 74 valence electrons. The largest absolute Gasteiger partial charge is 0.327 e. The van der Waals surface area contributed by atoms with Crippen molar-refractivity contribution in [1.29, 1.82) is 0 Å². The van der Waals surface area contributed by atoms with Gasteiger partial charge in [0.2, 0.25) is 0 Å². The fraction of sp³-hybridized carbons (Fsp3) is 0.250. The Bertz CT molecular complexity index is 342. The predicted octanol–water partition coefficient (Wildman–Crippen LogP) is 1.79. The Morgan fingerprint density at radius 1 is 1.50 bits per heavy atom. The summed E-state index contributed by atoms with van der Waals surface area (Å²) in [6, 6.07) is 7.92. The van der Waals surface area contributed by atoms with Gasteiger partial charge in [-0.2, -0.15) is 0 Å². The molecule has 0 aliphatic heterocycles. The van der Waals surface area contributed by atoms with Crippen molar-refractivity contribution < 1.29 is 4.79 Å². The molecule has 0 saturated carbocycles. The highest BCUT2D eigenvalue weighted by Gasteiger charge is 1.97. The molecule has 0 heterocycles. The Morgan fingerprint density at radius 2 is 2.29 bits per heavy atom. The molecule has 2 N–H and O–H groups in total. The normalized spacial score (nSPS) is 10.7. The smallest absolute Gasteiger partial charge is 0.134 e. The zero-order chi connectivity index (χ0) is 10.4. The van der Waals surface area contributed by atoms with Crippen molar-refractivity contribution in [2.45, 2.75) is 13.3 Å². The van der Waals surface area contributed by atoms with Crippen LogP contribution in [0.15, 0.2) is 30.3 Å². The minimum Gasteiger partial charge on any atom is -0.327 e. The van der Waals surface area contributed by atoms with Gasteiger partial charge in [0, 0.05) is 13.0 Å². The number of carbonyl (C=O) groups is 1. The van der Waals surface area contributed by atoms with Crippen molar-refractivity contribution in [2.75, 3.05) is 6.54 Å². The minimum atomic E-state index is 0.185. The van der Waals surface area contributed by atoms with E-state index in [1.165, 1.54) is 0 Å². The average Bonchev–Trinajstić information content (AvgIpc) is 2.14. The Hall–Kier alpha value is -1.41. The maximum absolute atomic E-state index is 10.9. The third-order valence-corrected chi connectivity index (χ3v) is 1.85. The van der Waals surface area contributed by atoms with Crippen LogP contribution >= 0.6 is 0 Å². The molecule has 0 amide bonds. The molecule has 2 nitrogen and oxygen atoms in total. The maximum Gasteiger partial charge on any atom is 0.134 e. The summed E-state index contributed by atoms with van der Waals surface area (Å²) in [6.45, 7) is 2.14. The zero-order valence-electron chi connectivity index (χ0n) is 8.36. The highest BCUT2D eigenvalue weighted by molar-refractivity contribution is 5.78. The van der Waals surface area contributed by atoms with E-state index in [2.05, 4.69) is 0 Å². The molecule has 0 aromatic heterocycles. The molecule has 0 spiro atoms. The number of benzene rings is 1. The van der Waals surface area contributed by atoms with Gasteiger partial charge in [0.05, 0.1) is 0 Å². The standard InChI is InChI=1S/C12H15NO/c1-10(14)8-12-5-2-4-11(9-12)6-3-7-13/h2-6,9H,7-8,13H2,1H3. The van der Waals surface area contributed by atoms with Gasteiger partial charge in [-0.05, 0) is 18.1 Å². The van der Waals surface area contributed by atoms with E-state index in [1.54, 1.807) is 6.92 Å². The summed E-state index contributed by atoms with van der Waals surface area (Å²) in [5.41, 5.74) is 7.50. The first-order chi connectivity index (χ1) is 6.72. The van der Waals surface area contributed by atoms with E-state index in [0.29, 0.717) is 13.0 Å². The second-order valence-electron chi connectivity index (χ2n) is 3.26. The van der Waals surface area contributed by atoms with Gasteiger partial charge in [-0.1, -0.05) is 36.4 Å². The van der Waals surface area contributed by atoms with Crippen LogP contribution in [-0.4, -0.2) is 12.3 Å². The van der Waals surface area contributed by atoms with Crippen LogP contribution in [-0.2, 0) is 11.2 Å². The van der Waals surface area contributed by atoms with E-state index in [4.69, 9.17) is 5.73 Å². The number of hydrogen-bond donors (Lipinski definition) is 1. The van der Waals surface area contributed by atoms with Gasteiger partial charge in [-0.25, -0.2) is 0 Å². The van der Waals surface area contributed by atoms with Crippen molar-refractivity contribution in [2.24, 2.45) is 5.73 Å². The Balaban J connectivity index is 2.78. The summed E-state index contributed by atoms with van der Waals surface area (Å²) in [5, 5.41) is 0. The lowest BCUT2D eigenvalue weighted by molar-refractivity contribution is -0.116. The topological polar surface area (TPSA) is 43.1 Å². The first-order valence-corrected chi connectivity index (χ1v) is 4.67. The molecule has 14 heavy (non-hydrogen) atoms. The van der Waals surface area contributed by atoms with Crippen LogP contribution in [0.4, 0.5) is 0 Å². The lowest BCUT2D eigenvalue weighted by Crippen LogP contribution is -1.96.